The topological polar surface area (TPSA) is 111 Å². The van der Waals surface area contributed by atoms with Crippen molar-refractivity contribution in [1.82, 2.24) is 5.32 Å². The number of allylic oxidation sites excluding steroid dienone is 9. The van der Waals surface area contributed by atoms with Crippen molar-refractivity contribution in [1.29, 1.82) is 0 Å². The first-order chi connectivity index (χ1) is 31.4. The van der Waals surface area contributed by atoms with Gasteiger partial charge in [0.05, 0.1) is 33.8 Å². The summed E-state index contributed by atoms with van der Waals surface area (Å²) < 4.78 is 30.5. The molecule has 0 saturated carbocycles. The number of rotatable bonds is 47. The third kappa shape index (κ3) is 46.6. The quantitative estimate of drug-likeness (QED) is 0.0156. The summed E-state index contributed by atoms with van der Waals surface area (Å²) in [6.45, 7) is 6.83. The number of ether oxygens (including phenoxy) is 1. The lowest BCUT2D eigenvalue weighted by Gasteiger charge is -2.27. The third-order valence-electron chi connectivity index (χ3n) is 11.5. The smallest absolute Gasteiger partial charge is 0.456 e. The molecule has 1 amide bonds. The van der Waals surface area contributed by atoms with E-state index >= 15 is 0 Å². The maximum Gasteiger partial charge on any atom is 0.472 e. The van der Waals surface area contributed by atoms with Crippen LogP contribution in [0.15, 0.2) is 60.8 Å². The Morgan fingerprint density at radius 2 is 1.00 bits per heavy atom. The fourth-order valence-corrected chi connectivity index (χ4v) is 8.08. The minimum absolute atomic E-state index is 0.0322. The van der Waals surface area contributed by atoms with Crippen molar-refractivity contribution >= 4 is 19.7 Å². The molecule has 0 aromatic heterocycles. The fraction of sp³-hybridized carbons (Fsp3) is 0.782. The average molecular weight is 934 g/mol. The predicted molar refractivity (Wildman–Crippen MR) is 277 cm³/mol. The number of amides is 1. The van der Waals surface area contributed by atoms with E-state index in [-0.39, 0.29) is 31.5 Å². The molecule has 3 atom stereocenters. The van der Waals surface area contributed by atoms with Gasteiger partial charge in [-0.3, -0.25) is 18.6 Å². The summed E-state index contributed by atoms with van der Waals surface area (Å²) in [4.78, 5) is 37.4. The second-order valence-electron chi connectivity index (χ2n) is 19.1. The third-order valence-corrected chi connectivity index (χ3v) is 12.5. The van der Waals surface area contributed by atoms with Crippen LogP contribution in [0.4, 0.5) is 0 Å². The van der Waals surface area contributed by atoms with Crippen molar-refractivity contribution in [3.8, 4) is 0 Å². The van der Waals surface area contributed by atoms with Gasteiger partial charge >= 0.3 is 13.8 Å². The summed E-state index contributed by atoms with van der Waals surface area (Å²) in [6, 6.07) is -0.863. The number of nitrogens with one attached hydrogen (secondary N) is 1. The first kappa shape index (κ1) is 62.7. The highest BCUT2D eigenvalue weighted by atomic mass is 31.2. The summed E-state index contributed by atoms with van der Waals surface area (Å²) in [5.74, 6) is -0.550. The van der Waals surface area contributed by atoms with E-state index in [9.17, 15) is 19.0 Å². The summed E-state index contributed by atoms with van der Waals surface area (Å²) >= 11 is 0. The minimum atomic E-state index is -4.45. The van der Waals surface area contributed by atoms with Crippen LogP contribution < -0.4 is 5.32 Å². The van der Waals surface area contributed by atoms with Crippen LogP contribution in [0.2, 0.25) is 0 Å². The van der Waals surface area contributed by atoms with Crippen LogP contribution in [0.1, 0.15) is 226 Å². The van der Waals surface area contributed by atoms with E-state index in [1.54, 1.807) is 0 Å². The molecule has 0 rings (SSSR count). The van der Waals surface area contributed by atoms with E-state index in [0.717, 1.165) is 89.9 Å². The molecule has 0 spiro atoms. The highest BCUT2D eigenvalue weighted by Gasteiger charge is 2.30. The van der Waals surface area contributed by atoms with Gasteiger partial charge in [0.15, 0.2) is 0 Å². The molecule has 0 aliphatic carbocycles. The minimum Gasteiger partial charge on any atom is -0.456 e. The van der Waals surface area contributed by atoms with Gasteiger partial charge in [0.2, 0.25) is 5.91 Å². The van der Waals surface area contributed by atoms with Crippen LogP contribution in [0.25, 0.3) is 0 Å². The first-order valence-corrected chi connectivity index (χ1v) is 28.1. The number of phosphoric acid groups is 1. The molecule has 0 aromatic rings. The number of hydrogen-bond donors (Lipinski definition) is 2. The van der Waals surface area contributed by atoms with E-state index in [2.05, 4.69) is 68.6 Å². The number of nitrogens with zero attached hydrogens (tertiary/aromatic N) is 1. The van der Waals surface area contributed by atoms with Crippen LogP contribution in [-0.2, 0) is 27.9 Å². The lowest BCUT2D eigenvalue weighted by atomic mass is 10.0. The summed E-state index contributed by atoms with van der Waals surface area (Å²) in [7, 11) is 1.47. The van der Waals surface area contributed by atoms with Crippen molar-refractivity contribution in [3.63, 3.8) is 0 Å². The van der Waals surface area contributed by atoms with Gasteiger partial charge in [-0.05, 0) is 76.7 Å². The lowest BCUT2D eigenvalue weighted by Crippen LogP contribution is -2.47. The molecule has 0 aliphatic rings. The number of unbranched alkanes of at least 4 members (excludes halogenated alkanes) is 25. The Hall–Kier alpha value is -2.29. The van der Waals surface area contributed by atoms with Crippen molar-refractivity contribution in [2.45, 2.75) is 238 Å². The van der Waals surface area contributed by atoms with E-state index < -0.39 is 20.0 Å². The molecular weight excluding hydrogens is 832 g/mol. The van der Waals surface area contributed by atoms with Gasteiger partial charge in [0.1, 0.15) is 19.3 Å². The van der Waals surface area contributed by atoms with Gasteiger partial charge in [0.25, 0.3) is 0 Å². The van der Waals surface area contributed by atoms with Crippen LogP contribution in [0.3, 0.4) is 0 Å². The molecule has 0 aromatic carbocycles. The zero-order valence-corrected chi connectivity index (χ0v) is 43.9. The number of carbonyl (C=O) groups excluding carboxylic acids is 2. The number of likely N-dealkylation sites (N-methyl/N-ethyl adjacent to an activating group) is 1. The monoisotopic (exact) mass is 934 g/mol. The van der Waals surface area contributed by atoms with E-state index in [0.29, 0.717) is 23.9 Å². The standard InChI is InChI=1S/C55H101N2O7P/c1-7-10-13-16-19-22-25-28-30-33-36-39-42-45-48-55(59)64-53(46-43-40-37-34-31-27-24-21-18-15-12-9-3)52(51-63-65(60,61)62-50-49-57(4,5)6)56-54(58)47-44-41-38-35-32-29-26-23-20-17-14-11-8-2/h11,14,17,20,23,26,30,33,43,46,52-53H,7-10,12-13,15-16,18-19,21-22,24-25,27-29,31-32,34-42,44-45,47-51H2,1-6H3,(H-,56,58,60,61)/p+1/b14-11+,20-17+,26-23-,33-30-,46-43+. The van der Waals surface area contributed by atoms with Gasteiger partial charge in [0, 0.05) is 12.8 Å². The Morgan fingerprint density at radius 1 is 0.554 bits per heavy atom. The molecule has 65 heavy (non-hydrogen) atoms. The Kier molecular flexibility index (Phi) is 43.9. The van der Waals surface area contributed by atoms with Crippen molar-refractivity contribution in [2.24, 2.45) is 0 Å². The zero-order chi connectivity index (χ0) is 48.0. The second-order valence-corrected chi connectivity index (χ2v) is 20.5. The maximum atomic E-state index is 13.4. The number of hydrogen-bond acceptors (Lipinski definition) is 6. The molecule has 0 radical (unpaired) electrons. The molecule has 3 unspecified atom stereocenters. The lowest BCUT2D eigenvalue weighted by molar-refractivity contribution is -0.870. The van der Waals surface area contributed by atoms with Crippen molar-refractivity contribution in [3.05, 3.63) is 60.8 Å². The normalized spacial score (nSPS) is 14.4. The van der Waals surface area contributed by atoms with E-state index in [4.69, 9.17) is 13.8 Å². The molecule has 0 saturated heterocycles. The number of esters is 1. The van der Waals surface area contributed by atoms with Crippen molar-refractivity contribution in [2.75, 3.05) is 40.9 Å². The highest BCUT2D eigenvalue weighted by molar-refractivity contribution is 7.47. The number of phosphoric ester groups is 1. The van der Waals surface area contributed by atoms with Gasteiger partial charge in [-0.1, -0.05) is 197 Å². The zero-order valence-electron chi connectivity index (χ0n) is 43.0. The number of carbonyl (C=O) groups is 2. The van der Waals surface area contributed by atoms with Crippen LogP contribution in [0.5, 0.6) is 0 Å². The Bertz CT molecular complexity index is 1300. The average Bonchev–Trinajstić information content (AvgIpc) is 3.26. The molecule has 0 aliphatic heterocycles. The maximum absolute atomic E-state index is 13.4. The van der Waals surface area contributed by atoms with Gasteiger partial charge in [-0.15, -0.1) is 0 Å². The van der Waals surface area contributed by atoms with Crippen LogP contribution >= 0.6 is 7.82 Å². The van der Waals surface area contributed by atoms with Gasteiger partial charge < -0.3 is 19.4 Å². The molecule has 2 N–H and O–H groups in total. The molecule has 0 fully saturated rings. The SMILES string of the molecule is CC/C=C/C=C/C=C\CCCCCCCC(=O)NC(COP(=O)(O)OCC[N+](C)(C)C)C(/C=C/CCCCCCCCCCCC)OC(=O)CCCCC/C=C\CCCCCCCCC. The van der Waals surface area contributed by atoms with Crippen LogP contribution in [-0.4, -0.2) is 74.3 Å². The molecule has 9 nitrogen and oxygen atoms in total. The van der Waals surface area contributed by atoms with Crippen molar-refractivity contribution < 1.29 is 37.3 Å². The van der Waals surface area contributed by atoms with E-state index in [1.807, 2.05) is 39.4 Å². The Labute approximate surface area is 401 Å². The number of quaternary nitrogens is 1. The summed E-state index contributed by atoms with van der Waals surface area (Å²) in [5.41, 5.74) is 0. The van der Waals surface area contributed by atoms with Gasteiger partial charge in [-0.2, -0.15) is 0 Å². The van der Waals surface area contributed by atoms with Crippen LogP contribution in [0, 0.1) is 0 Å². The van der Waals surface area contributed by atoms with E-state index in [1.165, 1.54) is 96.3 Å². The summed E-state index contributed by atoms with van der Waals surface area (Å²) in [5, 5.41) is 3.02. The Morgan fingerprint density at radius 3 is 1.52 bits per heavy atom. The molecule has 378 valence electrons. The molecule has 0 bridgehead atoms. The molecule has 10 heteroatoms. The molecular formula is C55H102N2O7P+. The first-order valence-electron chi connectivity index (χ1n) is 26.6. The predicted octanol–water partition coefficient (Wildman–Crippen LogP) is 15.5. The summed E-state index contributed by atoms with van der Waals surface area (Å²) in [6.07, 6.45) is 55.0. The fourth-order valence-electron chi connectivity index (χ4n) is 7.34. The Balaban J connectivity index is 5.48. The largest absolute Gasteiger partial charge is 0.472 e. The molecule has 0 heterocycles. The highest BCUT2D eigenvalue weighted by Crippen LogP contribution is 2.43. The van der Waals surface area contributed by atoms with Gasteiger partial charge in [-0.25, -0.2) is 4.57 Å². The second kappa shape index (κ2) is 45.5.